The van der Waals surface area contributed by atoms with Gasteiger partial charge < -0.3 is 10.6 Å². The number of likely N-dealkylation sites (tertiary alicyclic amines) is 1. The summed E-state index contributed by atoms with van der Waals surface area (Å²) in [5.41, 5.74) is 8.84. The van der Waals surface area contributed by atoms with Crippen LogP contribution in [0, 0.1) is 16.7 Å². The number of anilines is 1. The molecule has 0 aliphatic carbocycles. The fraction of sp³-hybridized carbons (Fsp3) is 0.375. The molecule has 1 aliphatic heterocycles. The number of hydrogen-bond donors (Lipinski definition) is 3. The number of rotatable bonds is 4. The van der Waals surface area contributed by atoms with E-state index in [0.29, 0.717) is 11.3 Å². The second-order valence-electron chi connectivity index (χ2n) is 5.38. The topological polar surface area (TPSA) is 118 Å². The molecule has 1 amide bonds. The molecule has 1 aromatic rings. The Balaban J connectivity index is 2.11. The first-order valence-electron chi connectivity index (χ1n) is 7.59. The normalized spacial score (nSPS) is 15.4. The average Bonchev–Trinajstić information content (AvgIpc) is 2.84. The lowest BCUT2D eigenvalue weighted by atomic mass is 10.1. The molecule has 0 bridgehead atoms. The summed E-state index contributed by atoms with van der Waals surface area (Å²) in [6.07, 6.45) is 4.42. The maximum Gasteiger partial charge on any atom is 0.253 e. The fourth-order valence-corrected chi connectivity index (χ4v) is 2.44. The van der Waals surface area contributed by atoms with Crippen molar-refractivity contribution < 1.29 is 4.79 Å². The van der Waals surface area contributed by atoms with Gasteiger partial charge >= 0.3 is 0 Å². The highest BCUT2D eigenvalue weighted by molar-refractivity contribution is 6.45. The second-order valence-corrected chi connectivity index (χ2v) is 5.38. The molecule has 1 saturated heterocycles. The average molecular weight is 312 g/mol. The first kappa shape index (κ1) is 16.5. The number of nitrogens with one attached hydrogen (secondary N) is 2. The number of hydrogen-bond acceptors (Lipinski definition) is 5. The van der Waals surface area contributed by atoms with Gasteiger partial charge in [0.1, 0.15) is 6.07 Å². The Morgan fingerprint density at radius 1 is 1.30 bits per heavy atom. The lowest BCUT2D eigenvalue weighted by Crippen LogP contribution is -2.31. The summed E-state index contributed by atoms with van der Waals surface area (Å²) < 4.78 is 0. The summed E-state index contributed by atoms with van der Waals surface area (Å²) in [7, 11) is 0. The van der Waals surface area contributed by atoms with Crippen LogP contribution in [0.25, 0.3) is 0 Å². The third-order valence-corrected chi connectivity index (χ3v) is 3.66. The van der Waals surface area contributed by atoms with Crippen molar-refractivity contribution in [2.75, 3.05) is 18.5 Å². The fourth-order valence-electron chi connectivity index (χ4n) is 2.44. The molecule has 4 N–H and O–H groups in total. The number of carbonyl (C=O) groups is 1. The van der Waals surface area contributed by atoms with Crippen LogP contribution in [-0.2, 0) is 0 Å². The predicted molar refractivity (Wildman–Crippen MR) is 89.4 cm³/mol. The van der Waals surface area contributed by atoms with Crippen molar-refractivity contribution in [3.8, 4) is 6.07 Å². The zero-order valence-corrected chi connectivity index (χ0v) is 12.9. The Morgan fingerprint density at radius 2 is 2.00 bits per heavy atom. The van der Waals surface area contributed by atoms with Crippen molar-refractivity contribution in [3.05, 3.63) is 29.8 Å². The van der Waals surface area contributed by atoms with Crippen molar-refractivity contribution in [1.82, 2.24) is 4.90 Å². The molecule has 7 heteroatoms. The van der Waals surface area contributed by atoms with E-state index in [-0.39, 0.29) is 11.6 Å². The molecule has 2 rings (SSSR count). The molecule has 120 valence electrons. The monoisotopic (exact) mass is 312 g/mol. The lowest BCUT2D eigenvalue weighted by Gasteiger charge is -2.20. The number of amides is 1. The molecule has 0 radical (unpaired) electrons. The summed E-state index contributed by atoms with van der Waals surface area (Å²) in [5, 5.41) is 19.8. The van der Waals surface area contributed by atoms with Crippen LogP contribution in [0.1, 0.15) is 36.0 Å². The van der Waals surface area contributed by atoms with E-state index in [1.807, 2.05) is 4.90 Å². The Labute approximate surface area is 135 Å². The van der Waals surface area contributed by atoms with Gasteiger partial charge in [0.25, 0.3) is 5.91 Å². The maximum atomic E-state index is 12.6. The predicted octanol–water partition coefficient (Wildman–Crippen LogP) is 1.93. The van der Waals surface area contributed by atoms with Gasteiger partial charge in [-0.3, -0.25) is 15.6 Å². The number of benzene rings is 1. The zero-order chi connectivity index (χ0) is 16.7. The van der Waals surface area contributed by atoms with Gasteiger partial charge in [-0.15, -0.1) is 0 Å². The van der Waals surface area contributed by atoms with Crippen molar-refractivity contribution in [3.63, 3.8) is 0 Å². The van der Waals surface area contributed by atoms with E-state index in [4.69, 9.17) is 16.4 Å². The van der Waals surface area contributed by atoms with Crippen LogP contribution in [0.3, 0.4) is 0 Å². The molecule has 0 aromatic heterocycles. The summed E-state index contributed by atoms with van der Waals surface area (Å²) in [6, 6.07) is 8.67. The first-order chi connectivity index (χ1) is 11.1. The molecule has 1 aromatic carbocycles. The van der Waals surface area contributed by atoms with E-state index >= 15 is 0 Å². The van der Waals surface area contributed by atoms with Gasteiger partial charge in [-0.2, -0.15) is 10.4 Å². The SMILES string of the molecule is N#C/C(=N\Nc1cccc(C(=O)N2CCCCCC2)c1)C(=N)N. The molecule has 0 saturated carbocycles. The number of nitriles is 1. The van der Waals surface area contributed by atoms with Gasteiger partial charge in [0.2, 0.25) is 5.71 Å². The summed E-state index contributed by atoms with van der Waals surface area (Å²) in [5.74, 6) is -0.400. The quantitative estimate of drug-likeness (QED) is 0.447. The molecule has 0 atom stereocenters. The Kier molecular flexibility index (Phi) is 5.69. The highest BCUT2D eigenvalue weighted by atomic mass is 16.2. The number of nitrogens with zero attached hydrogens (tertiary/aromatic N) is 3. The van der Waals surface area contributed by atoms with Crippen LogP contribution >= 0.6 is 0 Å². The number of carbonyl (C=O) groups excluding carboxylic acids is 1. The summed E-state index contributed by atoms with van der Waals surface area (Å²) >= 11 is 0. The molecule has 1 heterocycles. The van der Waals surface area contributed by atoms with Gasteiger partial charge in [0, 0.05) is 18.7 Å². The van der Waals surface area contributed by atoms with Crippen molar-refractivity contribution in [2.45, 2.75) is 25.7 Å². The number of amidine groups is 1. The summed E-state index contributed by atoms with van der Waals surface area (Å²) in [4.78, 5) is 14.4. The third kappa shape index (κ3) is 4.54. The molecule has 7 nitrogen and oxygen atoms in total. The molecule has 0 spiro atoms. The van der Waals surface area contributed by atoms with E-state index in [9.17, 15) is 4.79 Å². The van der Waals surface area contributed by atoms with E-state index in [0.717, 1.165) is 25.9 Å². The maximum absolute atomic E-state index is 12.6. The molecule has 23 heavy (non-hydrogen) atoms. The molecule has 1 aliphatic rings. The van der Waals surface area contributed by atoms with Crippen LogP contribution in [-0.4, -0.2) is 35.4 Å². The first-order valence-corrected chi connectivity index (χ1v) is 7.59. The third-order valence-electron chi connectivity index (χ3n) is 3.66. The molecular weight excluding hydrogens is 292 g/mol. The van der Waals surface area contributed by atoms with Crippen molar-refractivity contribution >= 4 is 23.1 Å². The van der Waals surface area contributed by atoms with E-state index in [2.05, 4.69) is 10.5 Å². The lowest BCUT2D eigenvalue weighted by molar-refractivity contribution is 0.0761. The number of hydrazone groups is 1. The van der Waals surface area contributed by atoms with Crippen LogP contribution < -0.4 is 11.2 Å². The summed E-state index contributed by atoms with van der Waals surface area (Å²) in [6.45, 7) is 1.58. The highest BCUT2D eigenvalue weighted by Gasteiger charge is 2.17. The number of nitrogens with two attached hydrogens (primary N) is 1. The van der Waals surface area contributed by atoms with Gasteiger partial charge in [0.15, 0.2) is 5.84 Å². The molecule has 1 fully saturated rings. The van der Waals surface area contributed by atoms with Crippen LogP contribution in [0.15, 0.2) is 29.4 Å². The van der Waals surface area contributed by atoms with Gasteiger partial charge in [0.05, 0.1) is 5.69 Å². The molecular formula is C16H20N6O. The van der Waals surface area contributed by atoms with Gasteiger partial charge in [-0.25, -0.2) is 0 Å². The van der Waals surface area contributed by atoms with Crippen molar-refractivity contribution in [2.24, 2.45) is 10.8 Å². The minimum Gasteiger partial charge on any atom is -0.382 e. The van der Waals surface area contributed by atoms with Gasteiger partial charge in [-0.1, -0.05) is 18.9 Å². The van der Waals surface area contributed by atoms with Crippen molar-refractivity contribution in [1.29, 1.82) is 10.7 Å². The molecule has 0 unspecified atom stereocenters. The Bertz CT molecular complexity index is 653. The van der Waals surface area contributed by atoms with Gasteiger partial charge in [-0.05, 0) is 31.0 Å². The largest absolute Gasteiger partial charge is 0.382 e. The minimum absolute atomic E-state index is 0.00611. The van der Waals surface area contributed by atoms with Crippen LogP contribution in [0.4, 0.5) is 5.69 Å². The Hall–Kier alpha value is -2.88. The highest BCUT2D eigenvalue weighted by Crippen LogP contribution is 2.16. The van der Waals surface area contributed by atoms with Crippen LogP contribution in [0.2, 0.25) is 0 Å². The second kappa shape index (κ2) is 7.94. The smallest absolute Gasteiger partial charge is 0.253 e. The van der Waals surface area contributed by atoms with E-state index in [1.165, 1.54) is 12.8 Å². The minimum atomic E-state index is -0.406. The van der Waals surface area contributed by atoms with E-state index in [1.54, 1.807) is 30.3 Å². The zero-order valence-electron chi connectivity index (χ0n) is 12.9. The van der Waals surface area contributed by atoms with Crippen LogP contribution in [0.5, 0.6) is 0 Å². The standard InChI is InChI=1S/C16H20N6O/c17-11-14(15(18)19)21-20-13-7-5-6-12(10-13)16(23)22-8-3-1-2-4-9-22/h5-7,10,20H,1-4,8-9H2,(H3,18,19)/b21-14+. The Morgan fingerprint density at radius 3 is 2.61 bits per heavy atom. The van der Waals surface area contributed by atoms with E-state index < -0.39 is 5.84 Å².